The summed E-state index contributed by atoms with van der Waals surface area (Å²) in [4.78, 5) is 4.25. The van der Waals surface area contributed by atoms with E-state index in [9.17, 15) is 0 Å². The fraction of sp³-hybridized carbons (Fsp3) is 0.778. The van der Waals surface area contributed by atoms with Gasteiger partial charge in [0.05, 0.1) is 11.8 Å². The van der Waals surface area contributed by atoms with Crippen LogP contribution < -0.4 is 5.73 Å². The van der Waals surface area contributed by atoms with E-state index in [-0.39, 0.29) is 6.04 Å². The zero-order chi connectivity index (χ0) is 10.6. The van der Waals surface area contributed by atoms with Crippen LogP contribution >= 0.6 is 11.8 Å². The van der Waals surface area contributed by atoms with Gasteiger partial charge in [-0.2, -0.15) is 16.7 Å². The summed E-state index contributed by atoms with van der Waals surface area (Å²) in [5.41, 5.74) is 5.88. The molecular weight excluding hydrogens is 198 g/mol. The highest BCUT2D eigenvalue weighted by Gasteiger charge is 2.17. The molecule has 0 aliphatic carbocycles. The fourth-order valence-electron chi connectivity index (χ4n) is 0.940. The van der Waals surface area contributed by atoms with E-state index in [1.54, 1.807) is 11.8 Å². The van der Waals surface area contributed by atoms with Crippen LogP contribution in [0.4, 0.5) is 0 Å². The Labute approximate surface area is 88.6 Å². The zero-order valence-corrected chi connectivity index (χ0v) is 9.67. The van der Waals surface area contributed by atoms with E-state index in [0.717, 1.165) is 17.3 Å². The molecule has 14 heavy (non-hydrogen) atoms. The number of nitrogens with two attached hydrogens (primary N) is 1. The van der Waals surface area contributed by atoms with Crippen LogP contribution in [0.3, 0.4) is 0 Å². The van der Waals surface area contributed by atoms with Crippen LogP contribution in [0.5, 0.6) is 0 Å². The van der Waals surface area contributed by atoms with Gasteiger partial charge in [-0.1, -0.05) is 25.9 Å². The second kappa shape index (κ2) is 5.36. The van der Waals surface area contributed by atoms with Crippen molar-refractivity contribution in [2.24, 2.45) is 11.7 Å². The molecule has 1 heterocycles. The first-order valence-corrected chi connectivity index (χ1v) is 5.96. The number of thioether (sulfide) groups is 1. The predicted octanol–water partition coefficient (Wildman–Crippen LogP) is 1.98. The standard InChI is InChI=1S/C9H17N3OS/c1-4-14-5-7-11-9(13-12-7)8(10)6(2)3/h6,8H,4-5,10H2,1-3H3/t8-/m1/s1. The molecule has 0 fully saturated rings. The molecule has 0 saturated carbocycles. The van der Waals surface area contributed by atoms with E-state index >= 15 is 0 Å². The van der Waals surface area contributed by atoms with Gasteiger partial charge < -0.3 is 10.3 Å². The van der Waals surface area contributed by atoms with Gasteiger partial charge in [0.2, 0.25) is 5.89 Å². The molecule has 0 aromatic carbocycles. The summed E-state index contributed by atoms with van der Waals surface area (Å²) in [6.07, 6.45) is 0. The topological polar surface area (TPSA) is 64.9 Å². The molecule has 0 aliphatic rings. The maximum Gasteiger partial charge on any atom is 0.243 e. The van der Waals surface area contributed by atoms with Gasteiger partial charge in [-0.25, -0.2) is 0 Å². The summed E-state index contributed by atoms with van der Waals surface area (Å²) in [5, 5.41) is 3.87. The highest BCUT2D eigenvalue weighted by atomic mass is 32.2. The first kappa shape index (κ1) is 11.5. The Hall–Kier alpha value is -0.550. The largest absolute Gasteiger partial charge is 0.338 e. The van der Waals surface area contributed by atoms with E-state index in [4.69, 9.17) is 10.3 Å². The van der Waals surface area contributed by atoms with Gasteiger partial charge in [-0.05, 0) is 11.7 Å². The van der Waals surface area contributed by atoms with Gasteiger partial charge in [0.25, 0.3) is 0 Å². The minimum Gasteiger partial charge on any atom is -0.338 e. The van der Waals surface area contributed by atoms with Crippen molar-refractivity contribution in [1.82, 2.24) is 10.1 Å². The monoisotopic (exact) mass is 215 g/mol. The Morgan fingerprint density at radius 3 is 2.79 bits per heavy atom. The third-order valence-electron chi connectivity index (χ3n) is 1.92. The lowest BCUT2D eigenvalue weighted by Gasteiger charge is -2.09. The maximum atomic E-state index is 5.88. The molecule has 0 radical (unpaired) electrons. The molecule has 1 aromatic rings. The summed E-state index contributed by atoms with van der Waals surface area (Å²) in [6, 6.07) is -0.150. The van der Waals surface area contributed by atoms with Crippen LogP contribution in [0.15, 0.2) is 4.52 Å². The Morgan fingerprint density at radius 1 is 1.50 bits per heavy atom. The summed E-state index contributed by atoms with van der Waals surface area (Å²) >= 11 is 1.77. The molecule has 4 nitrogen and oxygen atoms in total. The van der Waals surface area contributed by atoms with Gasteiger partial charge >= 0.3 is 0 Å². The molecule has 0 aliphatic heterocycles. The average molecular weight is 215 g/mol. The molecule has 0 saturated heterocycles. The van der Waals surface area contributed by atoms with Crippen molar-refractivity contribution in [3.8, 4) is 0 Å². The van der Waals surface area contributed by atoms with Gasteiger partial charge in [0.1, 0.15) is 0 Å². The van der Waals surface area contributed by atoms with Crippen molar-refractivity contribution >= 4 is 11.8 Å². The van der Waals surface area contributed by atoms with Crippen LogP contribution in [0.2, 0.25) is 0 Å². The zero-order valence-electron chi connectivity index (χ0n) is 8.86. The number of nitrogens with zero attached hydrogens (tertiary/aromatic N) is 2. The minimum absolute atomic E-state index is 0.150. The van der Waals surface area contributed by atoms with Gasteiger partial charge in [-0.3, -0.25) is 0 Å². The molecule has 5 heteroatoms. The summed E-state index contributed by atoms with van der Waals surface area (Å²) in [5.74, 6) is 3.46. The van der Waals surface area contributed by atoms with Crippen LogP contribution in [-0.2, 0) is 5.75 Å². The van der Waals surface area contributed by atoms with Crippen molar-refractivity contribution in [2.75, 3.05) is 5.75 Å². The van der Waals surface area contributed by atoms with Crippen molar-refractivity contribution in [3.05, 3.63) is 11.7 Å². The molecule has 1 rings (SSSR count). The number of hydrogen-bond acceptors (Lipinski definition) is 5. The SMILES string of the molecule is CCSCc1noc([C@H](N)C(C)C)n1. The van der Waals surface area contributed by atoms with Crippen molar-refractivity contribution in [2.45, 2.75) is 32.6 Å². The van der Waals surface area contributed by atoms with Crippen LogP contribution in [0, 0.1) is 5.92 Å². The second-order valence-corrected chi connectivity index (χ2v) is 4.73. The van der Waals surface area contributed by atoms with E-state index < -0.39 is 0 Å². The number of hydrogen-bond donors (Lipinski definition) is 1. The molecule has 1 aromatic heterocycles. The van der Waals surface area contributed by atoms with Gasteiger partial charge in [-0.15, -0.1) is 0 Å². The maximum absolute atomic E-state index is 5.88. The summed E-state index contributed by atoms with van der Waals surface area (Å²) in [6.45, 7) is 6.18. The molecule has 0 amide bonds. The Morgan fingerprint density at radius 2 is 2.21 bits per heavy atom. The van der Waals surface area contributed by atoms with Crippen LogP contribution in [-0.4, -0.2) is 15.9 Å². The van der Waals surface area contributed by atoms with Crippen molar-refractivity contribution < 1.29 is 4.52 Å². The highest BCUT2D eigenvalue weighted by molar-refractivity contribution is 7.98. The van der Waals surface area contributed by atoms with Gasteiger partial charge in [0.15, 0.2) is 5.82 Å². The highest BCUT2D eigenvalue weighted by Crippen LogP contribution is 2.17. The third-order valence-corrected chi connectivity index (χ3v) is 2.79. The quantitative estimate of drug-likeness (QED) is 0.813. The lowest BCUT2D eigenvalue weighted by atomic mass is 10.1. The Balaban J connectivity index is 2.58. The first-order chi connectivity index (χ1) is 6.65. The summed E-state index contributed by atoms with van der Waals surface area (Å²) < 4.78 is 5.09. The molecule has 0 spiro atoms. The van der Waals surface area contributed by atoms with Crippen molar-refractivity contribution in [3.63, 3.8) is 0 Å². The molecule has 2 N–H and O–H groups in total. The smallest absolute Gasteiger partial charge is 0.243 e. The van der Waals surface area contributed by atoms with Crippen LogP contribution in [0.1, 0.15) is 38.5 Å². The fourth-order valence-corrected chi connectivity index (χ4v) is 1.44. The Bertz CT molecular complexity index is 275. The number of aromatic nitrogens is 2. The molecular formula is C9H17N3OS. The lowest BCUT2D eigenvalue weighted by molar-refractivity contribution is 0.323. The van der Waals surface area contributed by atoms with E-state index in [1.807, 2.05) is 13.8 Å². The number of rotatable bonds is 5. The molecule has 1 atom stereocenters. The molecule has 0 bridgehead atoms. The van der Waals surface area contributed by atoms with E-state index in [1.165, 1.54) is 0 Å². The van der Waals surface area contributed by atoms with Gasteiger partial charge in [0, 0.05) is 0 Å². The van der Waals surface area contributed by atoms with Crippen LogP contribution in [0.25, 0.3) is 0 Å². The first-order valence-electron chi connectivity index (χ1n) is 4.81. The normalized spacial score (nSPS) is 13.5. The second-order valence-electron chi connectivity index (χ2n) is 3.46. The average Bonchev–Trinajstić information content (AvgIpc) is 2.61. The van der Waals surface area contributed by atoms with E-state index in [0.29, 0.717) is 11.8 Å². The lowest BCUT2D eigenvalue weighted by Crippen LogP contribution is -2.17. The molecule has 0 unspecified atom stereocenters. The third kappa shape index (κ3) is 2.99. The predicted molar refractivity (Wildman–Crippen MR) is 57.9 cm³/mol. The van der Waals surface area contributed by atoms with Crippen molar-refractivity contribution in [1.29, 1.82) is 0 Å². The minimum atomic E-state index is -0.150. The van der Waals surface area contributed by atoms with E-state index in [2.05, 4.69) is 17.1 Å². The Kier molecular flexibility index (Phi) is 4.41. The summed E-state index contributed by atoms with van der Waals surface area (Å²) in [7, 11) is 0. The molecule has 80 valence electrons.